The second kappa shape index (κ2) is 5.58. The number of hydrogen-bond acceptors (Lipinski definition) is 7. The lowest BCUT2D eigenvalue weighted by Crippen LogP contribution is -2.39. The normalized spacial score (nSPS) is 16.9. The van der Waals surface area contributed by atoms with Gasteiger partial charge in [-0.15, -0.1) is 0 Å². The minimum Gasteiger partial charge on any atom is -0.394 e. The van der Waals surface area contributed by atoms with Gasteiger partial charge in [0.15, 0.2) is 0 Å². The lowest BCUT2D eigenvalue weighted by atomic mass is 9.99. The van der Waals surface area contributed by atoms with Crippen molar-refractivity contribution in [3.8, 4) is 0 Å². The van der Waals surface area contributed by atoms with Crippen LogP contribution in [-0.4, -0.2) is 39.2 Å². The summed E-state index contributed by atoms with van der Waals surface area (Å²) in [5, 5.41) is 26.7. The Labute approximate surface area is 116 Å². The predicted molar refractivity (Wildman–Crippen MR) is 74.9 cm³/mol. The molecule has 0 radical (unpaired) electrons. The number of aliphatic hydroxyl groups is 1. The third kappa shape index (κ3) is 2.64. The van der Waals surface area contributed by atoms with Crippen molar-refractivity contribution < 1.29 is 10.0 Å². The SMILES string of the molecule is CNc1nc(C)c([N+](=O)[O-])c(NC2(CO)CCCC2)n1. The molecule has 0 saturated heterocycles. The van der Waals surface area contributed by atoms with E-state index in [2.05, 4.69) is 20.6 Å². The Hall–Kier alpha value is -1.96. The van der Waals surface area contributed by atoms with E-state index in [4.69, 9.17) is 0 Å². The second-order valence-electron chi connectivity index (χ2n) is 5.11. The molecule has 1 fully saturated rings. The van der Waals surface area contributed by atoms with Crippen LogP contribution in [0.1, 0.15) is 31.4 Å². The zero-order valence-electron chi connectivity index (χ0n) is 11.6. The monoisotopic (exact) mass is 281 g/mol. The van der Waals surface area contributed by atoms with Gasteiger partial charge < -0.3 is 15.7 Å². The fraction of sp³-hybridized carbons (Fsp3) is 0.667. The van der Waals surface area contributed by atoms with E-state index < -0.39 is 10.5 Å². The summed E-state index contributed by atoms with van der Waals surface area (Å²) in [7, 11) is 1.65. The molecule has 0 aromatic carbocycles. The number of nitrogens with one attached hydrogen (secondary N) is 2. The van der Waals surface area contributed by atoms with Crippen molar-refractivity contribution in [2.24, 2.45) is 0 Å². The summed E-state index contributed by atoms with van der Waals surface area (Å²) in [5.41, 5.74) is -0.358. The molecule has 1 saturated carbocycles. The summed E-state index contributed by atoms with van der Waals surface area (Å²) in [6.45, 7) is 1.51. The van der Waals surface area contributed by atoms with Crippen molar-refractivity contribution in [1.29, 1.82) is 0 Å². The van der Waals surface area contributed by atoms with Gasteiger partial charge in [-0.25, -0.2) is 4.98 Å². The molecule has 0 atom stereocenters. The molecule has 1 aromatic heterocycles. The number of aryl methyl sites for hydroxylation is 1. The van der Waals surface area contributed by atoms with Gasteiger partial charge in [-0.2, -0.15) is 4.98 Å². The maximum absolute atomic E-state index is 11.2. The van der Waals surface area contributed by atoms with Gasteiger partial charge in [0.1, 0.15) is 5.69 Å². The molecular formula is C12H19N5O3. The molecule has 8 heteroatoms. The summed E-state index contributed by atoms with van der Waals surface area (Å²) < 4.78 is 0. The van der Waals surface area contributed by atoms with Gasteiger partial charge in [0.2, 0.25) is 11.8 Å². The maximum atomic E-state index is 11.2. The van der Waals surface area contributed by atoms with Crippen LogP contribution in [0.5, 0.6) is 0 Å². The molecule has 0 unspecified atom stereocenters. The standard InChI is InChI=1S/C12H19N5O3/c1-8-9(17(19)20)10(15-11(13-2)14-8)16-12(7-18)5-3-4-6-12/h18H,3-7H2,1-2H3,(H2,13,14,15,16). The molecule has 0 bridgehead atoms. The molecule has 0 amide bonds. The number of aromatic nitrogens is 2. The van der Waals surface area contributed by atoms with Gasteiger partial charge in [-0.1, -0.05) is 12.8 Å². The zero-order chi connectivity index (χ0) is 14.8. The highest BCUT2D eigenvalue weighted by atomic mass is 16.6. The number of nitro groups is 1. The lowest BCUT2D eigenvalue weighted by molar-refractivity contribution is -0.385. The van der Waals surface area contributed by atoms with Crippen LogP contribution in [0.25, 0.3) is 0 Å². The molecule has 1 heterocycles. The molecule has 110 valence electrons. The maximum Gasteiger partial charge on any atom is 0.332 e. The first-order chi connectivity index (χ1) is 9.51. The van der Waals surface area contributed by atoms with Gasteiger partial charge in [-0.05, 0) is 19.8 Å². The second-order valence-corrected chi connectivity index (χ2v) is 5.11. The number of hydrogen-bond donors (Lipinski definition) is 3. The molecule has 1 aromatic rings. The van der Waals surface area contributed by atoms with Gasteiger partial charge in [-0.3, -0.25) is 10.1 Å². The fourth-order valence-electron chi connectivity index (χ4n) is 2.61. The van der Waals surface area contributed by atoms with Crippen LogP contribution in [0, 0.1) is 17.0 Å². The number of rotatable bonds is 5. The highest BCUT2D eigenvalue weighted by Gasteiger charge is 2.36. The molecule has 8 nitrogen and oxygen atoms in total. The summed E-state index contributed by atoms with van der Waals surface area (Å²) in [5.74, 6) is 0.490. The first-order valence-electron chi connectivity index (χ1n) is 6.61. The largest absolute Gasteiger partial charge is 0.394 e. The average Bonchev–Trinajstić information content (AvgIpc) is 2.86. The highest BCUT2D eigenvalue weighted by Crippen LogP contribution is 2.36. The first kappa shape index (κ1) is 14.4. The van der Waals surface area contributed by atoms with Crippen LogP contribution < -0.4 is 10.6 Å². The van der Waals surface area contributed by atoms with Crippen molar-refractivity contribution in [3.05, 3.63) is 15.8 Å². The fourth-order valence-corrected chi connectivity index (χ4v) is 2.61. The zero-order valence-corrected chi connectivity index (χ0v) is 11.6. The molecule has 20 heavy (non-hydrogen) atoms. The minimum absolute atomic E-state index is 0.0674. The van der Waals surface area contributed by atoms with E-state index in [0.29, 0.717) is 11.6 Å². The van der Waals surface area contributed by atoms with Crippen molar-refractivity contribution in [2.75, 3.05) is 24.3 Å². The molecule has 1 aliphatic carbocycles. The van der Waals surface area contributed by atoms with E-state index >= 15 is 0 Å². The summed E-state index contributed by atoms with van der Waals surface area (Å²) >= 11 is 0. The quantitative estimate of drug-likeness (QED) is 0.553. The predicted octanol–water partition coefficient (Wildman–Crippen LogP) is 1.45. The Morgan fingerprint density at radius 1 is 1.40 bits per heavy atom. The molecule has 0 spiro atoms. The van der Waals surface area contributed by atoms with Crippen LogP contribution in [0.2, 0.25) is 0 Å². The highest BCUT2D eigenvalue weighted by molar-refractivity contribution is 5.62. The van der Waals surface area contributed by atoms with E-state index in [9.17, 15) is 15.2 Å². The van der Waals surface area contributed by atoms with Crippen LogP contribution in [0.4, 0.5) is 17.5 Å². The van der Waals surface area contributed by atoms with E-state index in [-0.39, 0.29) is 18.1 Å². The van der Waals surface area contributed by atoms with Gasteiger partial charge in [0.05, 0.1) is 17.1 Å². The molecule has 0 aliphatic heterocycles. The van der Waals surface area contributed by atoms with E-state index in [1.165, 1.54) is 0 Å². The van der Waals surface area contributed by atoms with E-state index in [1.54, 1.807) is 14.0 Å². The summed E-state index contributed by atoms with van der Waals surface area (Å²) in [6.07, 6.45) is 3.53. The molecule has 3 N–H and O–H groups in total. The van der Waals surface area contributed by atoms with Gasteiger partial charge in [0.25, 0.3) is 0 Å². The Kier molecular flexibility index (Phi) is 4.03. The lowest BCUT2D eigenvalue weighted by Gasteiger charge is -2.28. The topological polar surface area (TPSA) is 113 Å². The number of aliphatic hydroxyl groups excluding tert-OH is 1. The first-order valence-corrected chi connectivity index (χ1v) is 6.61. The smallest absolute Gasteiger partial charge is 0.332 e. The Morgan fingerprint density at radius 3 is 2.55 bits per heavy atom. The summed E-state index contributed by atoms with van der Waals surface area (Å²) in [4.78, 5) is 18.9. The van der Waals surface area contributed by atoms with E-state index in [1.807, 2.05) is 0 Å². The Balaban J connectivity index is 2.43. The van der Waals surface area contributed by atoms with Crippen LogP contribution >= 0.6 is 0 Å². The van der Waals surface area contributed by atoms with Crippen LogP contribution in [0.3, 0.4) is 0 Å². The van der Waals surface area contributed by atoms with Crippen molar-refractivity contribution in [2.45, 2.75) is 38.1 Å². The average molecular weight is 281 g/mol. The third-order valence-electron chi connectivity index (χ3n) is 3.71. The van der Waals surface area contributed by atoms with Crippen molar-refractivity contribution in [1.82, 2.24) is 9.97 Å². The molecular weight excluding hydrogens is 262 g/mol. The number of nitrogens with zero attached hydrogens (tertiary/aromatic N) is 3. The van der Waals surface area contributed by atoms with Gasteiger partial charge >= 0.3 is 5.69 Å². The van der Waals surface area contributed by atoms with E-state index in [0.717, 1.165) is 25.7 Å². The Morgan fingerprint density at radius 2 is 2.05 bits per heavy atom. The summed E-state index contributed by atoms with van der Waals surface area (Å²) in [6, 6.07) is 0. The van der Waals surface area contributed by atoms with Crippen LogP contribution in [-0.2, 0) is 0 Å². The Bertz CT molecular complexity index is 514. The number of anilines is 2. The molecule has 2 rings (SSSR count). The molecule has 1 aliphatic rings. The van der Waals surface area contributed by atoms with Crippen molar-refractivity contribution >= 4 is 17.5 Å². The van der Waals surface area contributed by atoms with Gasteiger partial charge in [0, 0.05) is 7.05 Å². The third-order valence-corrected chi connectivity index (χ3v) is 3.71. The minimum atomic E-state index is -0.517. The van der Waals surface area contributed by atoms with Crippen LogP contribution in [0.15, 0.2) is 0 Å². The van der Waals surface area contributed by atoms with Crippen molar-refractivity contribution in [3.63, 3.8) is 0 Å².